The molecule has 2 aromatic rings. The van der Waals surface area contributed by atoms with Gasteiger partial charge in [0.15, 0.2) is 5.82 Å². The van der Waals surface area contributed by atoms with E-state index in [1.54, 1.807) is 19.1 Å². The highest BCUT2D eigenvalue weighted by Gasteiger charge is 2.27. The van der Waals surface area contributed by atoms with Gasteiger partial charge >= 0.3 is 0 Å². The van der Waals surface area contributed by atoms with Gasteiger partial charge in [-0.15, -0.1) is 0 Å². The van der Waals surface area contributed by atoms with Gasteiger partial charge in [-0.05, 0) is 38.5 Å². The Balaban J connectivity index is 1.53. The number of sulfonamides is 1. The number of anilines is 2. The molecule has 34 heavy (non-hydrogen) atoms. The van der Waals surface area contributed by atoms with Crippen LogP contribution in [0.15, 0.2) is 33.7 Å². The Morgan fingerprint density at radius 1 is 1.12 bits per heavy atom. The Morgan fingerprint density at radius 3 is 2.38 bits per heavy atom. The maximum Gasteiger partial charge on any atom is 0.242 e. The van der Waals surface area contributed by atoms with Gasteiger partial charge in [0.1, 0.15) is 5.76 Å². The highest BCUT2D eigenvalue weighted by atomic mass is 32.2. The summed E-state index contributed by atoms with van der Waals surface area (Å²) in [6.07, 6.45) is 0. The monoisotopic (exact) mass is 492 g/mol. The molecule has 1 fully saturated rings. The number of carbonyl (C=O) groups excluding carboxylic acids is 2. The molecule has 1 aliphatic rings. The van der Waals surface area contributed by atoms with E-state index in [1.807, 2.05) is 23.6 Å². The number of aryl methyl sites for hydroxylation is 2. The molecule has 1 saturated heterocycles. The summed E-state index contributed by atoms with van der Waals surface area (Å²) in [6, 6.07) is 5.94. The van der Waals surface area contributed by atoms with Crippen LogP contribution < -0.4 is 10.6 Å². The van der Waals surface area contributed by atoms with Crippen LogP contribution in [0, 0.1) is 13.8 Å². The number of aromatic nitrogens is 1. The van der Waals surface area contributed by atoms with Crippen LogP contribution in [-0.2, 0) is 19.6 Å². The van der Waals surface area contributed by atoms with Gasteiger partial charge in [0.2, 0.25) is 21.8 Å². The Hall–Kier alpha value is -2.80. The second kappa shape index (κ2) is 10.6. The van der Waals surface area contributed by atoms with Gasteiger partial charge < -0.3 is 15.2 Å². The van der Waals surface area contributed by atoms with Gasteiger partial charge in [-0.3, -0.25) is 19.4 Å². The molecular weight excluding hydrogens is 460 g/mol. The molecule has 2 amide bonds. The van der Waals surface area contributed by atoms with Gasteiger partial charge in [0.05, 0.1) is 17.5 Å². The molecule has 1 unspecified atom stereocenters. The van der Waals surface area contributed by atoms with E-state index in [-0.39, 0.29) is 23.3 Å². The van der Waals surface area contributed by atoms with Crippen molar-refractivity contribution in [2.24, 2.45) is 0 Å². The van der Waals surface area contributed by atoms with E-state index in [9.17, 15) is 18.0 Å². The van der Waals surface area contributed by atoms with Gasteiger partial charge in [0, 0.05) is 52.0 Å². The first-order valence-corrected chi connectivity index (χ1v) is 12.4. The molecular formula is C22H32N6O5S. The summed E-state index contributed by atoms with van der Waals surface area (Å²) in [4.78, 5) is 29.3. The molecule has 12 heteroatoms. The highest BCUT2D eigenvalue weighted by Crippen LogP contribution is 2.22. The standard InChI is InChI=1S/C22H32N6O5S/c1-15-6-7-18(34(31,32)26(4)5)13-19(15)23-22(30)17(3)28-10-8-27(9-11-28)14-21(29)24-20-12-16(2)33-25-20/h6-7,12-13,17H,8-11,14H2,1-5H3,(H,23,30)(H,24,25,29). The van der Waals surface area contributed by atoms with E-state index in [4.69, 9.17) is 4.52 Å². The fourth-order valence-electron chi connectivity index (χ4n) is 3.63. The molecule has 0 spiro atoms. The van der Waals surface area contributed by atoms with Crippen LogP contribution in [0.4, 0.5) is 11.5 Å². The molecule has 0 aliphatic carbocycles. The van der Waals surface area contributed by atoms with E-state index in [0.29, 0.717) is 43.4 Å². The van der Waals surface area contributed by atoms with E-state index in [1.165, 1.54) is 26.2 Å². The molecule has 0 radical (unpaired) electrons. The van der Waals surface area contributed by atoms with Crippen molar-refractivity contribution in [3.8, 4) is 0 Å². The van der Waals surface area contributed by atoms with Gasteiger partial charge in [-0.2, -0.15) is 0 Å². The summed E-state index contributed by atoms with van der Waals surface area (Å²) >= 11 is 0. The predicted molar refractivity (Wildman–Crippen MR) is 128 cm³/mol. The van der Waals surface area contributed by atoms with Crippen molar-refractivity contribution < 1.29 is 22.5 Å². The minimum absolute atomic E-state index is 0.124. The van der Waals surface area contributed by atoms with Crippen LogP contribution in [-0.4, -0.2) is 92.4 Å². The minimum atomic E-state index is -3.60. The third-order valence-electron chi connectivity index (χ3n) is 5.84. The fraction of sp³-hybridized carbons (Fsp3) is 0.500. The first-order chi connectivity index (χ1) is 16.0. The number of benzene rings is 1. The van der Waals surface area contributed by atoms with E-state index in [0.717, 1.165) is 9.87 Å². The average Bonchev–Trinajstić information content (AvgIpc) is 3.19. The van der Waals surface area contributed by atoms with Gasteiger partial charge in [0.25, 0.3) is 0 Å². The molecule has 186 valence electrons. The fourth-order valence-corrected chi connectivity index (χ4v) is 4.56. The molecule has 11 nitrogen and oxygen atoms in total. The second-order valence-corrected chi connectivity index (χ2v) is 10.8. The van der Waals surface area contributed by atoms with Crippen molar-refractivity contribution >= 4 is 33.3 Å². The summed E-state index contributed by atoms with van der Waals surface area (Å²) in [5.74, 6) is 0.632. The molecule has 1 aromatic carbocycles. The van der Waals surface area contributed by atoms with Crippen LogP contribution in [0.2, 0.25) is 0 Å². The van der Waals surface area contributed by atoms with E-state index < -0.39 is 16.1 Å². The first kappa shape index (κ1) is 25.8. The normalized spacial score (nSPS) is 16.4. The molecule has 3 rings (SSSR count). The Morgan fingerprint density at radius 2 is 1.79 bits per heavy atom. The molecule has 0 bridgehead atoms. The maximum absolute atomic E-state index is 12.9. The topological polar surface area (TPSA) is 128 Å². The summed E-state index contributed by atoms with van der Waals surface area (Å²) in [5, 5.41) is 9.34. The number of piperazine rings is 1. The van der Waals surface area contributed by atoms with Crippen molar-refractivity contribution in [2.75, 3.05) is 57.5 Å². The summed E-state index contributed by atoms with van der Waals surface area (Å²) < 4.78 is 31.0. The van der Waals surface area contributed by atoms with Crippen LogP contribution in [0.1, 0.15) is 18.2 Å². The third-order valence-corrected chi connectivity index (χ3v) is 7.65. The van der Waals surface area contributed by atoms with Crippen LogP contribution in [0.3, 0.4) is 0 Å². The summed E-state index contributed by atoms with van der Waals surface area (Å²) in [5.41, 5.74) is 1.24. The lowest BCUT2D eigenvalue weighted by Crippen LogP contribution is -2.53. The maximum atomic E-state index is 12.9. The third kappa shape index (κ3) is 6.20. The Labute approximate surface area is 200 Å². The van der Waals surface area contributed by atoms with Crippen molar-refractivity contribution in [3.63, 3.8) is 0 Å². The second-order valence-electron chi connectivity index (χ2n) is 8.61. The number of carbonyl (C=O) groups is 2. The highest BCUT2D eigenvalue weighted by molar-refractivity contribution is 7.89. The lowest BCUT2D eigenvalue weighted by molar-refractivity contribution is -0.122. The lowest BCUT2D eigenvalue weighted by atomic mass is 10.1. The molecule has 1 aromatic heterocycles. The smallest absolute Gasteiger partial charge is 0.242 e. The largest absolute Gasteiger partial charge is 0.360 e. The zero-order valence-electron chi connectivity index (χ0n) is 20.2. The zero-order chi connectivity index (χ0) is 25.0. The average molecular weight is 493 g/mol. The van der Waals surface area contributed by atoms with E-state index in [2.05, 4.69) is 15.8 Å². The molecule has 2 heterocycles. The van der Waals surface area contributed by atoms with Crippen LogP contribution in [0.5, 0.6) is 0 Å². The van der Waals surface area contributed by atoms with Crippen molar-refractivity contribution in [3.05, 3.63) is 35.6 Å². The zero-order valence-corrected chi connectivity index (χ0v) is 21.0. The van der Waals surface area contributed by atoms with E-state index >= 15 is 0 Å². The number of rotatable bonds is 8. The summed E-state index contributed by atoms with van der Waals surface area (Å²) in [6.45, 7) is 8.14. The number of amides is 2. The molecule has 1 aliphatic heterocycles. The lowest BCUT2D eigenvalue weighted by Gasteiger charge is -2.37. The van der Waals surface area contributed by atoms with Crippen molar-refractivity contribution in [2.45, 2.75) is 31.7 Å². The van der Waals surface area contributed by atoms with Crippen LogP contribution in [0.25, 0.3) is 0 Å². The van der Waals surface area contributed by atoms with Gasteiger partial charge in [-0.1, -0.05) is 11.2 Å². The number of hydrogen-bond donors (Lipinski definition) is 2. The summed E-state index contributed by atoms with van der Waals surface area (Å²) in [7, 11) is -0.671. The SMILES string of the molecule is Cc1cc(NC(=O)CN2CCN(C(C)C(=O)Nc3cc(S(=O)(=O)N(C)C)ccc3C)CC2)no1. The predicted octanol–water partition coefficient (Wildman–Crippen LogP) is 1.13. The van der Waals surface area contributed by atoms with Gasteiger partial charge in [-0.25, -0.2) is 12.7 Å². The Kier molecular flexibility index (Phi) is 8.08. The number of nitrogens with one attached hydrogen (secondary N) is 2. The van der Waals surface area contributed by atoms with Crippen molar-refractivity contribution in [1.29, 1.82) is 0 Å². The van der Waals surface area contributed by atoms with Crippen LogP contribution >= 0.6 is 0 Å². The molecule has 1 atom stereocenters. The number of hydrogen-bond acceptors (Lipinski definition) is 8. The minimum Gasteiger partial charge on any atom is -0.360 e. The first-order valence-electron chi connectivity index (χ1n) is 11.0. The molecule has 0 saturated carbocycles. The number of nitrogens with zero attached hydrogens (tertiary/aromatic N) is 4. The molecule has 2 N–H and O–H groups in total. The van der Waals surface area contributed by atoms with Crippen molar-refractivity contribution in [1.82, 2.24) is 19.3 Å². The quantitative estimate of drug-likeness (QED) is 0.561. The Bertz CT molecular complexity index is 1140.